The summed E-state index contributed by atoms with van der Waals surface area (Å²) in [5, 5.41) is 8.38. The van der Waals surface area contributed by atoms with E-state index in [0.29, 0.717) is 35.1 Å². The van der Waals surface area contributed by atoms with Gasteiger partial charge in [0.05, 0.1) is 13.1 Å². The summed E-state index contributed by atoms with van der Waals surface area (Å²) in [5.41, 5.74) is 1.87. The van der Waals surface area contributed by atoms with Crippen molar-refractivity contribution in [3.63, 3.8) is 0 Å². The van der Waals surface area contributed by atoms with Crippen molar-refractivity contribution in [3.8, 4) is 11.5 Å². The fourth-order valence-corrected chi connectivity index (χ4v) is 4.85. The molecule has 166 valence electrons. The molecule has 0 spiro atoms. The van der Waals surface area contributed by atoms with Gasteiger partial charge < -0.3 is 9.47 Å². The third kappa shape index (κ3) is 3.55. The van der Waals surface area contributed by atoms with Crippen LogP contribution < -0.4 is 9.47 Å². The minimum absolute atomic E-state index is 0.0344. The first-order valence-corrected chi connectivity index (χ1v) is 11.3. The number of ether oxygens (including phenoxy) is 2. The van der Waals surface area contributed by atoms with Crippen LogP contribution in [0.1, 0.15) is 35.2 Å². The van der Waals surface area contributed by atoms with E-state index in [2.05, 4.69) is 30.1 Å². The van der Waals surface area contributed by atoms with E-state index in [1.807, 2.05) is 6.92 Å². The summed E-state index contributed by atoms with van der Waals surface area (Å²) in [5.74, 6) is 1.78. The molecule has 0 atom stereocenters. The number of fused-ring (bicyclic) bond motifs is 5. The van der Waals surface area contributed by atoms with Crippen LogP contribution in [0, 0.1) is 19.8 Å². The maximum Gasteiger partial charge on any atom is 0.586 e. The fourth-order valence-electron chi connectivity index (χ4n) is 4.04. The first-order chi connectivity index (χ1) is 15.3. The number of benzene rings is 1. The molecular formula is C21H20F2N6O2S. The van der Waals surface area contributed by atoms with Gasteiger partial charge in [-0.05, 0) is 44.7 Å². The molecule has 1 aromatic carbocycles. The lowest BCUT2D eigenvalue weighted by atomic mass is 10.2. The van der Waals surface area contributed by atoms with Crippen molar-refractivity contribution in [2.75, 3.05) is 6.54 Å². The SMILES string of the molecule is Cc1csc(CN(Cc2nc3c4ccc5c(c4nc(C)n3n2)OC(F)(F)O5)CC2CC2)n1. The molecule has 8 nitrogen and oxygen atoms in total. The van der Waals surface area contributed by atoms with E-state index >= 15 is 0 Å². The summed E-state index contributed by atoms with van der Waals surface area (Å²) in [6, 6.07) is 3.12. The summed E-state index contributed by atoms with van der Waals surface area (Å²) < 4.78 is 38.1. The van der Waals surface area contributed by atoms with E-state index in [9.17, 15) is 8.78 Å². The van der Waals surface area contributed by atoms with Gasteiger partial charge >= 0.3 is 6.29 Å². The van der Waals surface area contributed by atoms with Crippen LogP contribution in [0.25, 0.3) is 16.6 Å². The number of hydrogen-bond acceptors (Lipinski definition) is 8. The Kier molecular flexibility index (Phi) is 4.34. The van der Waals surface area contributed by atoms with Gasteiger partial charge in [0.1, 0.15) is 16.3 Å². The molecule has 6 rings (SSSR count). The number of aryl methyl sites for hydroxylation is 2. The van der Waals surface area contributed by atoms with E-state index in [1.54, 1.807) is 28.8 Å². The van der Waals surface area contributed by atoms with E-state index in [-0.39, 0.29) is 17.0 Å². The molecule has 3 aromatic heterocycles. The molecule has 1 aliphatic heterocycles. The monoisotopic (exact) mass is 458 g/mol. The molecule has 1 aliphatic carbocycles. The van der Waals surface area contributed by atoms with Crippen LogP contribution in [0.3, 0.4) is 0 Å². The first-order valence-electron chi connectivity index (χ1n) is 10.4. The minimum atomic E-state index is -3.70. The zero-order valence-corrected chi connectivity index (χ0v) is 18.3. The van der Waals surface area contributed by atoms with Gasteiger partial charge in [-0.3, -0.25) is 4.90 Å². The van der Waals surface area contributed by atoms with Gasteiger partial charge in [0.15, 0.2) is 23.0 Å². The topological polar surface area (TPSA) is 77.7 Å². The second-order valence-corrected chi connectivity index (χ2v) is 9.32. The zero-order valence-electron chi connectivity index (χ0n) is 17.5. The van der Waals surface area contributed by atoms with Crippen LogP contribution in [0.15, 0.2) is 17.5 Å². The quantitative estimate of drug-likeness (QED) is 0.431. The molecule has 0 bridgehead atoms. The van der Waals surface area contributed by atoms with Gasteiger partial charge in [0, 0.05) is 23.0 Å². The predicted octanol–water partition coefficient (Wildman–Crippen LogP) is 4.08. The Morgan fingerprint density at radius 3 is 2.75 bits per heavy atom. The average molecular weight is 458 g/mol. The van der Waals surface area contributed by atoms with Gasteiger partial charge in [-0.25, -0.2) is 15.0 Å². The summed E-state index contributed by atoms with van der Waals surface area (Å²) in [4.78, 5) is 16.1. The third-order valence-electron chi connectivity index (χ3n) is 5.62. The van der Waals surface area contributed by atoms with E-state index in [4.69, 9.17) is 9.72 Å². The molecule has 11 heteroatoms. The normalized spacial score (nSPS) is 17.2. The zero-order chi connectivity index (χ0) is 22.0. The van der Waals surface area contributed by atoms with Crippen molar-refractivity contribution in [1.82, 2.24) is 29.5 Å². The van der Waals surface area contributed by atoms with Crippen molar-refractivity contribution in [2.24, 2.45) is 5.92 Å². The minimum Gasteiger partial charge on any atom is -0.395 e. The average Bonchev–Trinajstić information content (AvgIpc) is 3.13. The van der Waals surface area contributed by atoms with E-state index in [0.717, 1.165) is 23.8 Å². The van der Waals surface area contributed by atoms with Crippen LogP contribution in [0.2, 0.25) is 0 Å². The molecule has 0 amide bonds. The lowest BCUT2D eigenvalue weighted by Crippen LogP contribution is -2.26. The Morgan fingerprint density at radius 2 is 2.00 bits per heavy atom. The molecule has 0 unspecified atom stereocenters. The second-order valence-electron chi connectivity index (χ2n) is 8.37. The van der Waals surface area contributed by atoms with Crippen LogP contribution in [0.4, 0.5) is 8.78 Å². The van der Waals surface area contributed by atoms with Crippen molar-refractivity contribution >= 4 is 27.9 Å². The number of hydrogen-bond donors (Lipinski definition) is 0. The number of thiazole rings is 1. The number of aromatic nitrogens is 5. The number of nitrogens with zero attached hydrogens (tertiary/aromatic N) is 6. The lowest BCUT2D eigenvalue weighted by Gasteiger charge is -2.19. The first kappa shape index (κ1) is 19.7. The van der Waals surface area contributed by atoms with Crippen molar-refractivity contribution in [1.29, 1.82) is 0 Å². The van der Waals surface area contributed by atoms with E-state index in [1.165, 1.54) is 18.9 Å². The highest BCUT2D eigenvalue weighted by Crippen LogP contribution is 2.45. The highest BCUT2D eigenvalue weighted by molar-refractivity contribution is 7.09. The Balaban J connectivity index is 1.36. The molecule has 4 aromatic rings. The van der Waals surface area contributed by atoms with Gasteiger partial charge in [0.2, 0.25) is 0 Å². The van der Waals surface area contributed by atoms with Crippen molar-refractivity contribution in [3.05, 3.63) is 39.9 Å². The van der Waals surface area contributed by atoms with Crippen LogP contribution in [-0.4, -0.2) is 42.3 Å². The maximum atomic E-state index is 13.6. The van der Waals surface area contributed by atoms with Gasteiger partial charge in [-0.15, -0.1) is 25.2 Å². The Bertz CT molecular complexity index is 1350. The second kappa shape index (κ2) is 7.04. The summed E-state index contributed by atoms with van der Waals surface area (Å²) >= 11 is 1.66. The van der Waals surface area contributed by atoms with Gasteiger partial charge in [0.25, 0.3) is 0 Å². The standard InChI is InChI=1S/C21H20F2N6O2S/c1-11-10-32-17(24-11)9-28(7-13-3-4-13)8-16-26-20-14-5-6-15-19(31-21(22,23)30-15)18(14)25-12(2)29(20)27-16/h5-6,10,13H,3-4,7-9H2,1-2H3. The number of halogens is 2. The predicted molar refractivity (Wildman–Crippen MR) is 113 cm³/mol. The molecule has 32 heavy (non-hydrogen) atoms. The molecule has 2 aliphatic rings. The largest absolute Gasteiger partial charge is 0.586 e. The maximum absolute atomic E-state index is 13.6. The van der Waals surface area contributed by atoms with Crippen LogP contribution in [0.5, 0.6) is 11.5 Å². The van der Waals surface area contributed by atoms with Gasteiger partial charge in [-0.1, -0.05) is 0 Å². The summed E-state index contributed by atoms with van der Waals surface area (Å²) in [6.45, 7) is 6.05. The third-order valence-corrected chi connectivity index (χ3v) is 6.57. The molecular weight excluding hydrogens is 438 g/mol. The molecule has 1 fully saturated rings. The number of alkyl halides is 2. The van der Waals surface area contributed by atoms with Crippen molar-refractivity contribution in [2.45, 2.75) is 46.1 Å². The highest BCUT2D eigenvalue weighted by Gasteiger charge is 2.45. The molecule has 0 saturated heterocycles. The molecule has 0 radical (unpaired) electrons. The highest BCUT2D eigenvalue weighted by atomic mass is 32.1. The molecule has 0 N–H and O–H groups in total. The Labute approximate surface area is 185 Å². The smallest absolute Gasteiger partial charge is 0.395 e. The van der Waals surface area contributed by atoms with Crippen LogP contribution in [-0.2, 0) is 13.1 Å². The Hall–Kier alpha value is -2.92. The van der Waals surface area contributed by atoms with Crippen LogP contribution >= 0.6 is 11.3 Å². The number of rotatable bonds is 6. The molecule has 4 heterocycles. The summed E-state index contributed by atoms with van der Waals surface area (Å²) in [6.07, 6.45) is -1.20. The molecule has 1 saturated carbocycles. The van der Waals surface area contributed by atoms with Gasteiger partial charge in [-0.2, -0.15) is 4.52 Å². The lowest BCUT2D eigenvalue weighted by molar-refractivity contribution is -0.286. The summed E-state index contributed by atoms with van der Waals surface area (Å²) in [7, 11) is 0. The fraction of sp³-hybridized carbons (Fsp3) is 0.429. The van der Waals surface area contributed by atoms with Crippen molar-refractivity contribution < 1.29 is 18.3 Å². The Morgan fingerprint density at radius 1 is 1.16 bits per heavy atom. The van der Waals surface area contributed by atoms with E-state index < -0.39 is 6.29 Å².